The van der Waals surface area contributed by atoms with Crippen molar-refractivity contribution < 1.29 is 28.8 Å². The van der Waals surface area contributed by atoms with E-state index in [1.807, 2.05) is 24.3 Å². The summed E-state index contributed by atoms with van der Waals surface area (Å²) in [4.78, 5) is 75.6. The molecule has 3 aromatic rings. The fraction of sp³-hybridized carbons (Fsp3) is 0.200. The van der Waals surface area contributed by atoms with Crippen molar-refractivity contribution in [1.29, 1.82) is 0 Å². The normalized spacial score (nSPS) is 16.2. The summed E-state index contributed by atoms with van der Waals surface area (Å²) in [7, 11) is 0. The van der Waals surface area contributed by atoms with Gasteiger partial charge in [0.15, 0.2) is 0 Å². The summed E-state index contributed by atoms with van der Waals surface area (Å²) in [5, 5.41) is 8.52. The van der Waals surface area contributed by atoms with E-state index in [9.17, 15) is 28.8 Å². The Kier molecular flexibility index (Phi) is 8.37. The van der Waals surface area contributed by atoms with Crippen molar-refractivity contribution in [1.82, 2.24) is 20.9 Å². The van der Waals surface area contributed by atoms with Crippen LogP contribution in [0.4, 0.5) is 0 Å². The molecular formula is C30H24Cl2N4O6. The number of carbonyl (C=O) groups excluding carboxylic acids is 6. The summed E-state index contributed by atoms with van der Waals surface area (Å²) in [6.07, 6.45) is 0.166. The zero-order chi connectivity index (χ0) is 30.0. The molecule has 10 nitrogen and oxygen atoms in total. The van der Waals surface area contributed by atoms with Crippen LogP contribution < -0.4 is 16.0 Å². The van der Waals surface area contributed by atoms with E-state index >= 15 is 0 Å². The Hall–Kier alpha value is -4.54. The molecule has 1 unspecified atom stereocenters. The molecule has 12 heteroatoms. The van der Waals surface area contributed by atoms with Gasteiger partial charge in [-0.3, -0.25) is 39.0 Å². The highest BCUT2D eigenvalue weighted by atomic mass is 35.5. The first-order valence-electron chi connectivity index (χ1n) is 13.0. The number of halogens is 2. The lowest BCUT2D eigenvalue weighted by Gasteiger charge is -2.27. The minimum absolute atomic E-state index is 0.0202. The maximum Gasteiger partial charge on any atom is 0.262 e. The summed E-state index contributed by atoms with van der Waals surface area (Å²) < 4.78 is 0. The lowest BCUT2D eigenvalue weighted by Crippen LogP contribution is -2.54. The van der Waals surface area contributed by atoms with Crippen LogP contribution in [0.2, 0.25) is 10.0 Å². The van der Waals surface area contributed by atoms with Gasteiger partial charge in [-0.2, -0.15) is 0 Å². The number of carbonyl (C=O) groups is 6. The predicted octanol–water partition coefficient (Wildman–Crippen LogP) is 3.18. The van der Waals surface area contributed by atoms with Gasteiger partial charge < -0.3 is 10.6 Å². The van der Waals surface area contributed by atoms with Gasteiger partial charge in [-0.15, -0.1) is 0 Å². The van der Waals surface area contributed by atoms with E-state index in [0.29, 0.717) is 22.2 Å². The molecule has 1 saturated heterocycles. The highest BCUT2D eigenvalue weighted by Gasteiger charge is 2.44. The Balaban J connectivity index is 1.15. The van der Waals surface area contributed by atoms with E-state index in [1.54, 1.807) is 18.2 Å². The topological polar surface area (TPSA) is 142 Å². The molecule has 3 aromatic carbocycles. The van der Waals surface area contributed by atoms with Crippen molar-refractivity contribution in [2.75, 3.05) is 0 Å². The van der Waals surface area contributed by atoms with Crippen LogP contribution in [0.15, 0.2) is 60.7 Å². The molecule has 0 aliphatic carbocycles. The quantitative estimate of drug-likeness (QED) is 0.336. The maximum atomic E-state index is 13.0. The van der Waals surface area contributed by atoms with Gasteiger partial charge in [0.2, 0.25) is 17.7 Å². The number of piperidine rings is 1. The van der Waals surface area contributed by atoms with Crippen LogP contribution in [0.25, 0.3) is 0 Å². The van der Waals surface area contributed by atoms with Gasteiger partial charge in [0.1, 0.15) is 6.04 Å². The van der Waals surface area contributed by atoms with Crippen molar-refractivity contribution in [3.8, 4) is 0 Å². The third-order valence-electron chi connectivity index (χ3n) is 7.05. The number of fused-ring (bicyclic) bond motifs is 1. The molecule has 0 spiro atoms. The third kappa shape index (κ3) is 6.05. The predicted molar refractivity (Wildman–Crippen MR) is 153 cm³/mol. The molecule has 0 aromatic heterocycles. The molecular weight excluding hydrogens is 583 g/mol. The summed E-state index contributed by atoms with van der Waals surface area (Å²) in [6.45, 7) is 0.506. The van der Waals surface area contributed by atoms with E-state index in [0.717, 1.165) is 16.0 Å². The fourth-order valence-corrected chi connectivity index (χ4v) is 5.18. The van der Waals surface area contributed by atoms with Gasteiger partial charge in [-0.05, 0) is 47.4 Å². The zero-order valence-corrected chi connectivity index (χ0v) is 23.6. The zero-order valence-electron chi connectivity index (χ0n) is 22.0. The van der Waals surface area contributed by atoms with Crippen molar-refractivity contribution in [3.05, 3.63) is 104 Å². The highest BCUT2D eigenvalue weighted by molar-refractivity contribution is 6.42. The Bertz CT molecular complexity index is 1640. The molecule has 2 heterocycles. The number of rotatable bonds is 8. The summed E-state index contributed by atoms with van der Waals surface area (Å²) in [6, 6.07) is 15.5. The molecule has 0 bridgehead atoms. The van der Waals surface area contributed by atoms with Gasteiger partial charge in [-0.25, -0.2) is 0 Å². The fourth-order valence-electron chi connectivity index (χ4n) is 4.79. The standard InChI is InChI=1S/C30H24Cl2N4O6/c31-22-3-1-2-18(26(22)32)13-25(38)33-14-16-4-6-17(7-5-16)15-34-27(39)19-8-9-20-21(12-19)30(42)36(29(20)41)23-10-11-24(37)35-28(23)40/h1-9,12,23H,10-11,13-15H2,(H,33,38)(H,34,39)(H,35,37,40). The van der Waals surface area contributed by atoms with Crippen LogP contribution in [0, 0.1) is 0 Å². The first kappa shape index (κ1) is 29.0. The van der Waals surface area contributed by atoms with Crippen LogP contribution in [0.5, 0.6) is 0 Å². The summed E-state index contributed by atoms with van der Waals surface area (Å²) >= 11 is 12.1. The number of nitrogens with one attached hydrogen (secondary N) is 3. The molecule has 5 rings (SSSR count). The van der Waals surface area contributed by atoms with E-state index in [4.69, 9.17) is 23.2 Å². The van der Waals surface area contributed by atoms with Gasteiger partial charge >= 0.3 is 0 Å². The third-order valence-corrected chi connectivity index (χ3v) is 7.91. The van der Waals surface area contributed by atoms with Gasteiger partial charge in [-0.1, -0.05) is 59.6 Å². The Morgan fingerprint density at radius 2 is 1.52 bits per heavy atom. The average Bonchev–Trinajstić information content (AvgIpc) is 3.22. The number of hydrogen-bond donors (Lipinski definition) is 3. The molecule has 2 aliphatic heterocycles. The minimum atomic E-state index is -1.08. The Morgan fingerprint density at radius 1 is 0.857 bits per heavy atom. The molecule has 1 atom stereocenters. The van der Waals surface area contributed by atoms with Crippen molar-refractivity contribution >= 4 is 58.6 Å². The van der Waals surface area contributed by atoms with E-state index in [1.165, 1.54) is 18.2 Å². The second-order valence-electron chi connectivity index (χ2n) is 9.87. The largest absolute Gasteiger partial charge is 0.352 e. The molecule has 0 saturated carbocycles. The van der Waals surface area contributed by atoms with E-state index in [-0.39, 0.29) is 48.4 Å². The van der Waals surface area contributed by atoms with Gasteiger partial charge in [0.05, 0.1) is 27.6 Å². The second-order valence-corrected chi connectivity index (χ2v) is 10.7. The maximum absolute atomic E-state index is 13.0. The Labute approximate surface area is 250 Å². The van der Waals surface area contributed by atoms with Crippen molar-refractivity contribution in [2.24, 2.45) is 0 Å². The average molecular weight is 607 g/mol. The number of amides is 6. The Morgan fingerprint density at radius 3 is 2.21 bits per heavy atom. The van der Waals surface area contributed by atoms with Crippen LogP contribution in [-0.2, 0) is 33.9 Å². The molecule has 2 aliphatic rings. The van der Waals surface area contributed by atoms with Gasteiger partial charge in [0.25, 0.3) is 17.7 Å². The lowest BCUT2D eigenvalue weighted by atomic mass is 10.0. The van der Waals surface area contributed by atoms with E-state index in [2.05, 4.69) is 16.0 Å². The number of hydrogen-bond acceptors (Lipinski definition) is 6. The van der Waals surface area contributed by atoms with E-state index < -0.39 is 35.6 Å². The van der Waals surface area contributed by atoms with Crippen molar-refractivity contribution in [2.45, 2.75) is 38.4 Å². The highest BCUT2D eigenvalue weighted by Crippen LogP contribution is 2.28. The molecule has 42 heavy (non-hydrogen) atoms. The smallest absolute Gasteiger partial charge is 0.262 e. The van der Waals surface area contributed by atoms with Crippen molar-refractivity contribution in [3.63, 3.8) is 0 Å². The number of nitrogens with zero attached hydrogens (tertiary/aromatic N) is 1. The van der Waals surface area contributed by atoms with Crippen LogP contribution in [0.3, 0.4) is 0 Å². The summed E-state index contributed by atoms with van der Waals surface area (Å²) in [5.74, 6) is -3.13. The first-order chi connectivity index (χ1) is 20.1. The van der Waals surface area contributed by atoms with Crippen LogP contribution >= 0.6 is 23.2 Å². The second kappa shape index (κ2) is 12.1. The lowest BCUT2D eigenvalue weighted by molar-refractivity contribution is -0.136. The molecule has 0 radical (unpaired) electrons. The molecule has 6 amide bonds. The van der Waals surface area contributed by atoms with Gasteiger partial charge in [0, 0.05) is 25.1 Å². The monoisotopic (exact) mass is 606 g/mol. The number of imide groups is 2. The molecule has 1 fully saturated rings. The van der Waals surface area contributed by atoms with Crippen LogP contribution in [0.1, 0.15) is 60.6 Å². The SMILES string of the molecule is O=C(Cc1cccc(Cl)c1Cl)NCc1ccc(CNC(=O)c2ccc3c(c2)C(=O)N(C2CCC(=O)NC2=O)C3=O)cc1. The molecule has 214 valence electrons. The van der Waals surface area contributed by atoms with Crippen LogP contribution in [-0.4, -0.2) is 46.4 Å². The number of benzene rings is 3. The molecule has 3 N–H and O–H groups in total. The minimum Gasteiger partial charge on any atom is -0.352 e. The first-order valence-corrected chi connectivity index (χ1v) is 13.8. The summed E-state index contributed by atoms with van der Waals surface area (Å²) in [5.41, 5.74) is 2.61.